The Bertz CT molecular complexity index is 142. The molecular formula is C9H19NO2S. The van der Waals surface area contributed by atoms with E-state index in [1.54, 1.807) is 0 Å². The summed E-state index contributed by atoms with van der Waals surface area (Å²) in [4.78, 5) is 10.7. The van der Waals surface area contributed by atoms with Gasteiger partial charge in [0.05, 0.1) is 0 Å². The minimum atomic E-state index is -0.685. The standard InChI is InChI=1S/C9H19NO2S/c1-2-3-5-8(9(11)12)13-7-4-6-10/h8H,2-7,10H2,1H3,(H,11,12). The molecule has 0 radical (unpaired) electrons. The first kappa shape index (κ1) is 12.8. The Kier molecular flexibility index (Phi) is 8.24. The molecule has 0 aliphatic carbocycles. The van der Waals surface area contributed by atoms with Gasteiger partial charge in [-0.2, -0.15) is 0 Å². The van der Waals surface area contributed by atoms with Crippen molar-refractivity contribution in [2.45, 2.75) is 37.9 Å². The zero-order valence-corrected chi connectivity index (χ0v) is 8.98. The molecule has 0 aromatic rings. The number of thioether (sulfide) groups is 1. The van der Waals surface area contributed by atoms with E-state index < -0.39 is 5.97 Å². The highest BCUT2D eigenvalue weighted by molar-refractivity contribution is 8.00. The highest BCUT2D eigenvalue weighted by Crippen LogP contribution is 2.18. The molecule has 0 aliphatic rings. The van der Waals surface area contributed by atoms with Crippen molar-refractivity contribution in [3.63, 3.8) is 0 Å². The molecule has 0 saturated heterocycles. The lowest BCUT2D eigenvalue weighted by atomic mass is 10.2. The van der Waals surface area contributed by atoms with Crippen LogP contribution in [0.5, 0.6) is 0 Å². The van der Waals surface area contributed by atoms with Gasteiger partial charge >= 0.3 is 5.97 Å². The maximum atomic E-state index is 10.7. The number of carboxylic acid groups (broad SMARTS) is 1. The molecule has 1 atom stereocenters. The summed E-state index contributed by atoms with van der Waals surface area (Å²) in [6.07, 6.45) is 3.73. The lowest BCUT2D eigenvalue weighted by Gasteiger charge is -2.10. The average Bonchev–Trinajstić information content (AvgIpc) is 2.10. The van der Waals surface area contributed by atoms with Crippen molar-refractivity contribution in [1.29, 1.82) is 0 Å². The molecule has 3 nitrogen and oxygen atoms in total. The molecule has 0 aromatic carbocycles. The van der Waals surface area contributed by atoms with Crippen LogP contribution in [-0.2, 0) is 4.79 Å². The van der Waals surface area contributed by atoms with E-state index in [2.05, 4.69) is 6.92 Å². The molecule has 1 unspecified atom stereocenters. The smallest absolute Gasteiger partial charge is 0.316 e. The second kappa shape index (κ2) is 8.38. The van der Waals surface area contributed by atoms with E-state index in [1.165, 1.54) is 11.8 Å². The third kappa shape index (κ3) is 6.90. The van der Waals surface area contributed by atoms with Crippen molar-refractivity contribution in [3.8, 4) is 0 Å². The Hall–Kier alpha value is -0.220. The first-order valence-corrected chi connectivity index (χ1v) is 5.81. The van der Waals surface area contributed by atoms with Gasteiger partial charge in [-0.05, 0) is 25.1 Å². The maximum Gasteiger partial charge on any atom is 0.316 e. The Morgan fingerprint density at radius 3 is 2.69 bits per heavy atom. The molecule has 4 heteroatoms. The van der Waals surface area contributed by atoms with Gasteiger partial charge in [-0.25, -0.2) is 0 Å². The first-order valence-electron chi connectivity index (χ1n) is 4.76. The highest BCUT2D eigenvalue weighted by Gasteiger charge is 2.16. The molecule has 0 saturated carbocycles. The van der Waals surface area contributed by atoms with Gasteiger partial charge in [0, 0.05) is 0 Å². The zero-order chi connectivity index (χ0) is 10.1. The molecule has 3 N–H and O–H groups in total. The van der Waals surface area contributed by atoms with Crippen LogP contribution in [0, 0.1) is 0 Å². The van der Waals surface area contributed by atoms with Gasteiger partial charge in [0.2, 0.25) is 0 Å². The third-order valence-electron chi connectivity index (χ3n) is 1.76. The number of carbonyl (C=O) groups is 1. The highest BCUT2D eigenvalue weighted by atomic mass is 32.2. The lowest BCUT2D eigenvalue weighted by molar-refractivity contribution is -0.136. The normalized spacial score (nSPS) is 12.8. The maximum absolute atomic E-state index is 10.7. The van der Waals surface area contributed by atoms with Crippen molar-refractivity contribution in [2.24, 2.45) is 5.73 Å². The summed E-state index contributed by atoms with van der Waals surface area (Å²) in [7, 11) is 0. The SMILES string of the molecule is CCCCC(SCCCN)C(=O)O. The number of carboxylic acids is 1. The monoisotopic (exact) mass is 205 g/mol. The Morgan fingerprint density at radius 2 is 2.23 bits per heavy atom. The number of hydrogen-bond donors (Lipinski definition) is 2. The molecule has 0 heterocycles. The van der Waals surface area contributed by atoms with E-state index in [9.17, 15) is 4.79 Å². The molecule has 0 aliphatic heterocycles. The van der Waals surface area contributed by atoms with Gasteiger partial charge < -0.3 is 10.8 Å². The van der Waals surface area contributed by atoms with Crippen LogP contribution in [-0.4, -0.2) is 28.6 Å². The van der Waals surface area contributed by atoms with Crippen molar-refractivity contribution in [2.75, 3.05) is 12.3 Å². The number of aliphatic carboxylic acids is 1. The minimum absolute atomic E-state index is 0.230. The largest absolute Gasteiger partial charge is 0.480 e. The van der Waals surface area contributed by atoms with Crippen LogP contribution in [0.1, 0.15) is 32.6 Å². The zero-order valence-electron chi connectivity index (χ0n) is 8.16. The summed E-state index contributed by atoms with van der Waals surface area (Å²) in [5.41, 5.74) is 5.33. The molecule has 0 amide bonds. The first-order chi connectivity index (χ1) is 6.22. The fourth-order valence-electron chi connectivity index (χ4n) is 0.977. The van der Waals surface area contributed by atoms with Crippen molar-refractivity contribution >= 4 is 17.7 Å². The van der Waals surface area contributed by atoms with Crippen LogP contribution < -0.4 is 5.73 Å². The van der Waals surface area contributed by atoms with Crippen LogP contribution >= 0.6 is 11.8 Å². The molecule has 78 valence electrons. The predicted octanol–water partition coefficient (Wildman–Crippen LogP) is 1.71. The Morgan fingerprint density at radius 1 is 1.54 bits per heavy atom. The molecule has 0 spiro atoms. The molecular weight excluding hydrogens is 186 g/mol. The van der Waals surface area contributed by atoms with E-state index in [1.807, 2.05) is 0 Å². The second-order valence-electron chi connectivity index (χ2n) is 2.98. The third-order valence-corrected chi connectivity index (χ3v) is 3.13. The summed E-state index contributed by atoms with van der Waals surface area (Å²) in [5.74, 6) is 0.174. The van der Waals surface area contributed by atoms with Crippen molar-refractivity contribution in [1.82, 2.24) is 0 Å². The molecule has 13 heavy (non-hydrogen) atoms. The van der Waals surface area contributed by atoms with E-state index >= 15 is 0 Å². The predicted molar refractivity (Wildman–Crippen MR) is 57.1 cm³/mol. The molecule has 0 fully saturated rings. The number of rotatable bonds is 8. The van der Waals surface area contributed by atoms with Gasteiger partial charge in [-0.3, -0.25) is 4.79 Å². The van der Waals surface area contributed by atoms with Gasteiger partial charge in [0.15, 0.2) is 0 Å². The van der Waals surface area contributed by atoms with E-state index in [4.69, 9.17) is 10.8 Å². The van der Waals surface area contributed by atoms with Crippen LogP contribution in [0.15, 0.2) is 0 Å². The van der Waals surface area contributed by atoms with Crippen LogP contribution in [0.2, 0.25) is 0 Å². The second-order valence-corrected chi connectivity index (χ2v) is 4.29. The lowest BCUT2D eigenvalue weighted by Crippen LogP contribution is -2.17. The summed E-state index contributed by atoms with van der Waals surface area (Å²) >= 11 is 1.51. The number of unbranched alkanes of at least 4 members (excludes halogenated alkanes) is 1. The molecule has 0 rings (SSSR count). The van der Waals surface area contributed by atoms with Crippen LogP contribution in [0.4, 0.5) is 0 Å². The fourth-order valence-corrected chi connectivity index (χ4v) is 2.07. The Balaban J connectivity index is 3.61. The van der Waals surface area contributed by atoms with Crippen molar-refractivity contribution in [3.05, 3.63) is 0 Å². The van der Waals surface area contributed by atoms with Gasteiger partial charge in [-0.15, -0.1) is 11.8 Å². The molecule has 0 aromatic heterocycles. The quantitative estimate of drug-likeness (QED) is 0.592. The number of hydrogen-bond acceptors (Lipinski definition) is 3. The topological polar surface area (TPSA) is 63.3 Å². The summed E-state index contributed by atoms with van der Waals surface area (Å²) in [5, 5.41) is 8.62. The van der Waals surface area contributed by atoms with Crippen molar-refractivity contribution < 1.29 is 9.90 Å². The Labute approximate surface area is 84.1 Å². The summed E-state index contributed by atoms with van der Waals surface area (Å²) in [6, 6.07) is 0. The molecule has 0 bridgehead atoms. The minimum Gasteiger partial charge on any atom is -0.480 e. The summed E-state index contributed by atoms with van der Waals surface area (Å²) < 4.78 is 0. The van der Waals surface area contributed by atoms with Gasteiger partial charge in [0.1, 0.15) is 5.25 Å². The summed E-state index contributed by atoms with van der Waals surface area (Å²) in [6.45, 7) is 2.72. The van der Waals surface area contributed by atoms with Crippen LogP contribution in [0.25, 0.3) is 0 Å². The van der Waals surface area contributed by atoms with Gasteiger partial charge in [0.25, 0.3) is 0 Å². The van der Waals surface area contributed by atoms with E-state index in [0.29, 0.717) is 6.54 Å². The average molecular weight is 205 g/mol. The number of nitrogens with two attached hydrogens (primary N) is 1. The van der Waals surface area contributed by atoms with E-state index in [-0.39, 0.29) is 5.25 Å². The fraction of sp³-hybridized carbons (Fsp3) is 0.889. The van der Waals surface area contributed by atoms with E-state index in [0.717, 1.165) is 31.4 Å². The van der Waals surface area contributed by atoms with Crippen LogP contribution in [0.3, 0.4) is 0 Å². The van der Waals surface area contributed by atoms with Gasteiger partial charge in [-0.1, -0.05) is 19.8 Å².